The quantitative estimate of drug-likeness (QED) is 0.731. The van der Waals surface area contributed by atoms with Gasteiger partial charge < -0.3 is 0 Å². The minimum Gasteiger partial charge on any atom is -0.294 e. The molecular weight excluding hydrogens is 198 g/mol. The average Bonchev–Trinajstić information content (AvgIpc) is 2.31. The molecule has 0 amide bonds. The van der Waals surface area contributed by atoms with E-state index in [-0.39, 0.29) is 5.78 Å². The highest BCUT2D eigenvalue weighted by molar-refractivity contribution is 5.97. The Balaban J connectivity index is 2.12. The molecule has 0 fully saturated rings. The Bertz CT molecular complexity index is 474. The first-order valence-corrected chi connectivity index (χ1v) is 5.25. The van der Waals surface area contributed by atoms with Crippen molar-refractivity contribution in [3.8, 4) is 0 Å². The van der Waals surface area contributed by atoms with Crippen LogP contribution in [-0.4, -0.2) is 10.8 Å². The van der Waals surface area contributed by atoms with E-state index in [0.29, 0.717) is 12.0 Å². The molecule has 1 aromatic carbocycles. The third kappa shape index (κ3) is 2.54. The van der Waals surface area contributed by atoms with Crippen molar-refractivity contribution in [2.45, 2.75) is 13.3 Å². The molecule has 0 unspecified atom stereocenters. The Kier molecular flexibility index (Phi) is 3.10. The molecule has 2 aromatic rings. The van der Waals surface area contributed by atoms with Crippen molar-refractivity contribution in [3.63, 3.8) is 0 Å². The molecule has 0 aliphatic carbocycles. The molecule has 2 rings (SSSR count). The van der Waals surface area contributed by atoms with Crippen LogP contribution >= 0.6 is 0 Å². The number of carbonyl (C=O) groups is 1. The van der Waals surface area contributed by atoms with E-state index in [1.165, 1.54) is 0 Å². The molecule has 1 aromatic heterocycles. The predicted molar refractivity (Wildman–Crippen MR) is 63.5 cm³/mol. The van der Waals surface area contributed by atoms with Crippen molar-refractivity contribution in [1.29, 1.82) is 0 Å². The maximum atomic E-state index is 11.9. The zero-order valence-corrected chi connectivity index (χ0v) is 9.18. The van der Waals surface area contributed by atoms with Crippen LogP contribution in [0.25, 0.3) is 0 Å². The zero-order chi connectivity index (χ0) is 11.4. The second kappa shape index (κ2) is 4.71. The molecular formula is C14H13NO. The van der Waals surface area contributed by atoms with Gasteiger partial charge in [0.1, 0.15) is 0 Å². The van der Waals surface area contributed by atoms with Crippen molar-refractivity contribution in [2.75, 3.05) is 0 Å². The summed E-state index contributed by atoms with van der Waals surface area (Å²) >= 11 is 0. The van der Waals surface area contributed by atoms with E-state index in [9.17, 15) is 4.79 Å². The largest absolute Gasteiger partial charge is 0.294 e. The Morgan fingerprint density at radius 1 is 1.12 bits per heavy atom. The number of hydrogen-bond acceptors (Lipinski definition) is 2. The number of Topliss-reactive ketones (excluding diaryl/α,β-unsaturated/α-hetero) is 1. The molecule has 0 saturated heterocycles. The fourth-order valence-corrected chi connectivity index (χ4v) is 1.52. The topological polar surface area (TPSA) is 30.0 Å². The number of benzene rings is 1. The number of carbonyl (C=O) groups excluding carboxylic acids is 1. The van der Waals surface area contributed by atoms with Gasteiger partial charge in [-0.15, -0.1) is 0 Å². The third-order valence-electron chi connectivity index (χ3n) is 2.44. The lowest BCUT2D eigenvalue weighted by Gasteiger charge is -2.01. The van der Waals surface area contributed by atoms with Gasteiger partial charge in [0.2, 0.25) is 0 Å². The smallest absolute Gasteiger partial charge is 0.168 e. The van der Waals surface area contributed by atoms with E-state index in [0.717, 1.165) is 11.3 Å². The number of aryl methyl sites for hydroxylation is 1. The van der Waals surface area contributed by atoms with Gasteiger partial charge >= 0.3 is 0 Å². The molecule has 0 aliphatic heterocycles. The van der Waals surface area contributed by atoms with Gasteiger partial charge in [-0.05, 0) is 24.6 Å². The number of nitrogens with zero attached hydrogens (tertiary/aromatic N) is 1. The SMILES string of the molecule is Cc1ccc(C(=O)Cc2ccccc2)cn1. The van der Waals surface area contributed by atoms with Crippen LogP contribution in [0.15, 0.2) is 48.7 Å². The number of hydrogen-bond donors (Lipinski definition) is 0. The summed E-state index contributed by atoms with van der Waals surface area (Å²) in [5.74, 6) is 0.110. The van der Waals surface area contributed by atoms with Crippen molar-refractivity contribution >= 4 is 5.78 Å². The van der Waals surface area contributed by atoms with Crippen molar-refractivity contribution in [2.24, 2.45) is 0 Å². The molecule has 1 heterocycles. The van der Waals surface area contributed by atoms with E-state index < -0.39 is 0 Å². The van der Waals surface area contributed by atoms with E-state index in [4.69, 9.17) is 0 Å². The summed E-state index contributed by atoms with van der Waals surface area (Å²) in [6, 6.07) is 13.4. The summed E-state index contributed by atoms with van der Waals surface area (Å²) in [6.07, 6.45) is 2.08. The first-order chi connectivity index (χ1) is 7.75. The molecule has 2 heteroatoms. The predicted octanol–water partition coefficient (Wildman–Crippen LogP) is 2.82. The standard InChI is InChI=1S/C14H13NO/c1-11-7-8-13(10-15-11)14(16)9-12-5-3-2-4-6-12/h2-8,10H,9H2,1H3. The molecule has 0 N–H and O–H groups in total. The Labute approximate surface area is 95.0 Å². The van der Waals surface area contributed by atoms with Crippen molar-refractivity contribution in [1.82, 2.24) is 4.98 Å². The van der Waals surface area contributed by atoms with E-state index in [1.54, 1.807) is 6.20 Å². The summed E-state index contributed by atoms with van der Waals surface area (Å²) in [7, 11) is 0. The van der Waals surface area contributed by atoms with Crippen molar-refractivity contribution < 1.29 is 4.79 Å². The molecule has 0 aliphatic rings. The molecule has 0 saturated carbocycles. The van der Waals surface area contributed by atoms with Crippen LogP contribution in [0.5, 0.6) is 0 Å². The van der Waals surface area contributed by atoms with Gasteiger partial charge in [0.25, 0.3) is 0 Å². The molecule has 16 heavy (non-hydrogen) atoms. The highest BCUT2D eigenvalue weighted by Crippen LogP contribution is 2.07. The molecule has 0 bridgehead atoms. The summed E-state index contributed by atoms with van der Waals surface area (Å²) in [5, 5.41) is 0. The Morgan fingerprint density at radius 3 is 2.50 bits per heavy atom. The van der Waals surface area contributed by atoms with Gasteiger partial charge in [0.15, 0.2) is 5.78 Å². The van der Waals surface area contributed by atoms with E-state index in [1.807, 2.05) is 49.4 Å². The van der Waals surface area contributed by atoms with Gasteiger partial charge in [-0.25, -0.2) is 0 Å². The number of ketones is 1. The Morgan fingerprint density at radius 2 is 1.88 bits per heavy atom. The highest BCUT2D eigenvalue weighted by Gasteiger charge is 2.06. The maximum absolute atomic E-state index is 11.9. The number of aromatic nitrogens is 1. The molecule has 0 spiro atoms. The second-order valence-electron chi connectivity index (χ2n) is 3.77. The highest BCUT2D eigenvalue weighted by atomic mass is 16.1. The molecule has 80 valence electrons. The number of rotatable bonds is 3. The van der Waals surface area contributed by atoms with Gasteiger partial charge in [0.05, 0.1) is 0 Å². The van der Waals surface area contributed by atoms with Crippen LogP contribution in [0.3, 0.4) is 0 Å². The monoisotopic (exact) mass is 211 g/mol. The summed E-state index contributed by atoms with van der Waals surface area (Å²) in [5.41, 5.74) is 2.64. The van der Waals surface area contributed by atoms with E-state index >= 15 is 0 Å². The lowest BCUT2D eigenvalue weighted by molar-refractivity contribution is 0.0992. The average molecular weight is 211 g/mol. The lowest BCUT2D eigenvalue weighted by Crippen LogP contribution is -2.04. The summed E-state index contributed by atoms with van der Waals surface area (Å²) in [4.78, 5) is 16.0. The fraction of sp³-hybridized carbons (Fsp3) is 0.143. The summed E-state index contributed by atoms with van der Waals surface area (Å²) < 4.78 is 0. The van der Waals surface area contributed by atoms with Gasteiger partial charge in [-0.2, -0.15) is 0 Å². The number of pyridine rings is 1. The van der Waals surface area contributed by atoms with Crippen LogP contribution in [0.4, 0.5) is 0 Å². The minimum absolute atomic E-state index is 0.110. The normalized spacial score (nSPS) is 10.1. The Hall–Kier alpha value is -1.96. The van der Waals surface area contributed by atoms with Crippen LogP contribution < -0.4 is 0 Å². The van der Waals surface area contributed by atoms with Gasteiger partial charge in [-0.3, -0.25) is 9.78 Å². The van der Waals surface area contributed by atoms with Gasteiger partial charge in [0, 0.05) is 23.9 Å². The molecule has 0 radical (unpaired) electrons. The third-order valence-corrected chi connectivity index (χ3v) is 2.44. The lowest BCUT2D eigenvalue weighted by atomic mass is 10.0. The second-order valence-corrected chi connectivity index (χ2v) is 3.77. The minimum atomic E-state index is 0.110. The fourth-order valence-electron chi connectivity index (χ4n) is 1.52. The van der Waals surface area contributed by atoms with Crippen molar-refractivity contribution in [3.05, 3.63) is 65.5 Å². The first kappa shape index (κ1) is 10.6. The van der Waals surface area contributed by atoms with Crippen LogP contribution in [0.2, 0.25) is 0 Å². The first-order valence-electron chi connectivity index (χ1n) is 5.25. The van der Waals surface area contributed by atoms with E-state index in [2.05, 4.69) is 4.98 Å². The molecule has 0 atom stereocenters. The summed E-state index contributed by atoms with van der Waals surface area (Å²) in [6.45, 7) is 1.91. The zero-order valence-electron chi connectivity index (χ0n) is 9.18. The van der Waals surface area contributed by atoms with Crippen LogP contribution in [0.1, 0.15) is 21.6 Å². The van der Waals surface area contributed by atoms with Crippen LogP contribution in [0, 0.1) is 6.92 Å². The van der Waals surface area contributed by atoms with Gasteiger partial charge in [-0.1, -0.05) is 30.3 Å². The maximum Gasteiger partial charge on any atom is 0.168 e. The molecule has 2 nitrogen and oxygen atoms in total. The van der Waals surface area contributed by atoms with Crippen LogP contribution in [-0.2, 0) is 6.42 Å².